The van der Waals surface area contributed by atoms with Crippen LogP contribution in [0.2, 0.25) is 0 Å². The van der Waals surface area contributed by atoms with Crippen molar-refractivity contribution in [3.05, 3.63) is 0 Å². The van der Waals surface area contributed by atoms with Gasteiger partial charge in [-0.1, -0.05) is 12.8 Å². The van der Waals surface area contributed by atoms with Gasteiger partial charge >= 0.3 is 5.97 Å². The van der Waals surface area contributed by atoms with Crippen molar-refractivity contribution in [2.45, 2.75) is 37.4 Å². The molecule has 0 bridgehead atoms. The summed E-state index contributed by atoms with van der Waals surface area (Å²) in [4.78, 5) is 10.4. The minimum absolute atomic E-state index is 0.00804. The normalized spacial score (nSPS) is 24.5. The van der Waals surface area contributed by atoms with Crippen LogP contribution in [0, 0.1) is 5.92 Å². The van der Waals surface area contributed by atoms with Crippen LogP contribution in [0.5, 0.6) is 0 Å². The quantitative estimate of drug-likeness (QED) is 0.792. The zero-order chi connectivity index (χ0) is 11.8. The lowest BCUT2D eigenvalue weighted by Gasteiger charge is -2.38. The molecule has 16 heavy (non-hydrogen) atoms. The minimum Gasteiger partial charge on any atom is -0.481 e. The monoisotopic (exact) mass is 247 g/mol. The molecule has 0 radical (unpaired) electrons. The van der Waals surface area contributed by atoms with Crippen molar-refractivity contribution in [1.29, 1.82) is 0 Å². The van der Waals surface area contributed by atoms with Gasteiger partial charge in [0.15, 0.2) is 0 Å². The molecule has 1 saturated carbocycles. The van der Waals surface area contributed by atoms with Gasteiger partial charge in [0.1, 0.15) is 0 Å². The highest BCUT2D eigenvalue weighted by Crippen LogP contribution is 2.31. The Hall–Kier alpha value is -0.620. The fraction of sp³-hybridized carbons (Fsp3) is 0.900. The van der Waals surface area contributed by atoms with Crippen LogP contribution in [0.1, 0.15) is 32.1 Å². The van der Waals surface area contributed by atoms with Crippen molar-refractivity contribution < 1.29 is 18.3 Å². The number of sulfonamides is 1. The van der Waals surface area contributed by atoms with E-state index in [0.717, 1.165) is 25.7 Å². The summed E-state index contributed by atoms with van der Waals surface area (Å²) >= 11 is 0. The number of carboxylic acid groups (broad SMARTS) is 1. The Morgan fingerprint density at radius 1 is 1.25 bits per heavy atom. The molecule has 0 aromatic rings. The lowest BCUT2D eigenvalue weighted by atomic mass is 10.00. The van der Waals surface area contributed by atoms with Gasteiger partial charge in [-0.25, -0.2) is 12.7 Å². The number of carboxylic acids is 1. The van der Waals surface area contributed by atoms with Crippen LogP contribution in [-0.2, 0) is 14.8 Å². The average Bonchev–Trinajstić information content (AvgIpc) is 2.62. The summed E-state index contributed by atoms with van der Waals surface area (Å²) in [5.74, 6) is -0.836. The molecule has 5 nitrogen and oxygen atoms in total. The number of carbonyl (C=O) groups is 1. The molecule has 1 heterocycles. The molecule has 2 fully saturated rings. The zero-order valence-electron chi connectivity index (χ0n) is 9.13. The van der Waals surface area contributed by atoms with Crippen molar-refractivity contribution in [3.8, 4) is 0 Å². The molecular formula is C10H17NO4S. The average molecular weight is 247 g/mol. The third kappa shape index (κ3) is 2.22. The fourth-order valence-corrected chi connectivity index (χ4v) is 4.69. The second-order valence-corrected chi connectivity index (χ2v) is 6.95. The van der Waals surface area contributed by atoms with E-state index in [1.807, 2.05) is 0 Å². The smallest absolute Gasteiger partial charge is 0.303 e. The lowest BCUT2D eigenvalue weighted by molar-refractivity contribution is -0.139. The molecule has 0 aromatic carbocycles. The summed E-state index contributed by atoms with van der Waals surface area (Å²) in [6.45, 7) is 0.788. The van der Waals surface area contributed by atoms with E-state index < -0.39 is 16.0 Å². The van der Waals surface area contributed by atoms with Gasteiger partial charge in [0.05, 0.1) is 11.7 Å². The Labute approximate surface area is 95.5 Å². The first-order valence-electron chi connectivity index (χ1n) is 5.71. The molecule has 0 atom stereocenters. The van der Waals surface area contributed by atoms with E-state index in [1.54, 1.807) is 0 Å². The molecule has 92 valence electrons. The van der Waals surface area contributed by atoms with Crippen LogP contribution in [0.25, 0.3) is 0 Å². The Morgan fingerprint density at radius 3 is 2.31 bits per heavy atom. The predicted molar refractivity (Wildman–Crippen MR) is 58.5 cm³/mol. The fourth-order valence-electron chi connectivity index (χ4n) is 2.50. The van der Waals surface area contributed by atoms with Crippen LogP contribution in [0.4, 0.5) is 0 Å². The maximum absolute atomic E-state index is 12.0. The Kier molecular flexibility index (Phi) is 3.21. The van der Waals surface area contributed by atoms with Crippen LogP contribution in [0.15, 0.2) is 0 Å². The highest BCUT2D eigenvalue weighted by molar-refractivity contribution is 7.89. The van der Waals surface area contributed by atoms with E-state index in [2.05, 4.69) is 0 Å². The van der Waals surface area contributed by atoms with Gasteiger partial charge < -0.3 is 5.11 Å². The third-order valence-electron chi connectivity index (χ3n) is 3.47. The van der Waals surface area contributed by atoms with Crippen molar-refractivity contribution in [1.82, 2.24) is 4.31 Å². The number of aliphatic carboxylic acids is 1. The summed E-state index contributed by atoms with van der Waals surface area (Å²) in [6.07, 6.45) is 3.61. The highest BCUT2D eigenvalue weighted by Gasteiger charge is 2.41. The molecule has 0 unspecified atom stereocenters. The van der Waals surface area contributed by atoms with Crippen molar-refractivity contribution >= 4 is 16.0 Å². The Balaban J connectivity index is 1.88. The first kappa shape index (κ1) is 11.9. The molecule has 0 aromatic heterocycles. The molecule has 1 saturated heterocycles. The van der Waals surface area contributed by atoms with Gasteiger partial charge in [-0.3, -0.25) is 4.79 Å². The van der Waals surface area contributed by atoms with Gasteiger partial charge in [-0.05, 0) is 18.8 Å². The van der Waals surface area contributed by atoms with Crippen molar-refractivity contribution in [3.63, 3.8) is 0 Å². The van der Waals surface area contributed by atoms with E-state index in [1.165, 1.54) is 4.31 Å². The van der Waals surface area contributed by atoms with Crippen LogP contribution >= 0.6 is 0 Å². The van der Waals surface area contributed by atoms with E-state index >= 15 is 0 Å². The van der Waals surface area contributed by atoms with Crippen LogP contribution < -0.4 is 0 Å². The van der Waals surface area contributed by atoms with E-state index in [0.29, 0.717) is 13.1 Å². The van der Waals surface area contributed by atoms with Gasteiger partial charge in [0.25, 0.3) is 0 Å². The minimum atomic E-state index is -3.13. The molecule has 2 aliphatic rings. The first-order chi connectivity index (χ1) is 7.50. The molecule has 0 amide bonds. The van der Waals surface area contributed by atoms with Gasteiger partial charge in [0, 0.05) is 13.1 Å². The van der Waals surface area contributed by atoms with Crippen LogP contribution in [0.3, 0.4) is 0 Å². The lowest BCUT2D eigenvalue weighted by Crippen LogP contribution is -2.53. The number of rotatable bonds is 4. The Bertz CT molecular complexity index is 366. The third-order valence-corrected chi connectivity index (χ3v) is 5.80. The number of hydrogen-bond donors (Lipinski definition) is 1. The molecule has 0 spiro atoms. The van der Waals surface area contributed by atoms with E-state index in [9.17, 15) is 13.2 Å². The maximum atomic E-state index is 12.0. The van der Waals surface area contributed by atoms with E-state index in [4.69, 9.17) is 5.11 Å². The summed E-state index contributed by atoms with van der Waals surface area (Å²) in [5, 5.41) is 8.37. The molecule has 6 heteroatoms. The number of hydrogen-bond acceptors (Lipinski definition) is 3. The molecular weight excluding hydrogens is 230 g/mol. The number of nitrogens with zero attached hydrogens (tertiary/aromatic N) is 1. The zero-order valence-corrected chi connectivity index (χ0v) is 9.95. The predicted octanol–water partition coefficient (Wildman–Crippen LogP) is 0.665. The molecule has 1 N–H and O–H groups in total. The van der Waals surface area contributed by atoms with Gasteiger partial charge in [-0.2, -0.15) is 0 Å². The van der Waals surface area contributed by atoms with E-state index in [-0.39, 0.29) is 17.6 Å². The SMILES string of the molecule is O=C(O)CC1CN(S(=O)(=O)C2CCCC2)C1. The summed E-state index contributed by atoms with van der Waals surface area (Å²) in [7, 11) is -3.13. The van der Waals surface area contributed by atoms with Crippen LogP contribution in [-0.4, -0.2) is 42.1 Å². The second kappa shape index (κ2) is 4.33. The van der Waals surface area contributed by atoms with Gasteiger partial charge in [-0.15, -0.1) is 0 Å². The summed E-state index contributed by atoms with van der Waals surface area (Å²) in [5.41, 5.74) is 0. The molecule has 2 rings (SSSR count). The summed E-state index contributed by atoms with van der Waals surface area (Å²) in [6, 6.07) is 0. The molecule has 1 aliphatic carbocycles. The largest absolute Gasteiger partial charge is 0.481 e. The summed E-state index contributed by atoms with van der Waals surface area (Å²) < 4.78 is 25.5. The first-order valence-corrected chi connectivity index (χ1v) is 7.21. The maximum Gasteiger partial charge on any atom is 0.303 e. The standard InChI is InChI=1S/C10H17NO4S/c12-10(13)5-8-6-11(7-8)16(14,15)9-3-1-2-4-9/h8-9H,1-7H2,(H,12,13). The molecule has 1 aliphatic heterocycles. The van der Waals surface area contributed by atoms with Gasteiger partial charge in [0.2, 0.25) is 10.0 Å². The Morgan fingerprint density at radius 2 is 1.81 bits per heavy atom. The van der Waals surface area contributed by atoms with Crippen molar-refractivity contribution in [2.75, 3.05) is 13.1 Å². The topological polar surface area (TPSA) is 74.7 Å². The van der Waals surface area contributed by atoms with Crippen molar-refractivity contribution in [2.24, 2.45) is 5.92 Å². The highest BCUT2D eigenvalue weighted by atomic mass is 32.2. The second-order valence-electron chi connectivity index (χ2n) is 4.73.